The minimum absolute atomic E-state index is 0.0687. The van der Waals surface area contributed by atoms with Gasteiger partial charge in [0, 0.05) is 24.3 Å². The van der Waals surface area contributed by atoms with Crippen LogP contribution in [0.1, 0.15) is 26.8 Å². The maximum Gasteiger partial charge on any atom is 0.258 e. The molecule has 3 aromatic rings. The van der Waals surface area contributed by atoms with Crippen LogP contribution in [0.2, 0.25) is 0 Å². The predicted octanol–water partition coefficient (Wildman–Crippen LogP) is 2.98. The predicted molar refractivity (Wildman–Crippen MR) is 106 cm³/mol. The molecule has 0 saturated carbocycles. The lowest BCUT2D eigenvalue weighted by molar-refractivity contribution is 0.0443. The van der Waals surface area contributed by atoms with Crippen molar-refractivity contribution in [2.24, 2.45) is 7.05 Å². The van der Waals surface area contributed by atoms with Gasteiger partial charge in [0.15, 0.2) is 17.6 Å². The number of carbonyl (C=O) groups excluding carboxylic acids is 1. The number of para-hydroxylation sites is 2. The molecule has 7 nitrogen and oxygen atoms in total. The number of carbonyl (C=O) groups is 1. The standard InChI is InChI=1S/C20H22N4O3S/c1-13-19(14(2)23(3)22-13)20(25)24(11-18-21-8-9-28-18)10-15-12-26-16-6-4-5-7-17(16)27-15/h4-9,15H,10-12H2,1-3H3. The van der Waals surface area contributed by atoms with Crippen molar-refractivity contribution in [1.29, 1.82) is 0 Å². The van der Waals surface area contributed by atoms with E-state index in [1.54, 1.807) is 15.8 Å². The quantitative estimate of drug-likeness (QED) is 0.661. The van der Waals surface area contributed by atoms with Crippen LogP contribution in [-0.2, 0) is 13.6 Å². The summed E-state index contributed by atoms with van der Waals surface area (Å²) in [6.07, 6.45) is 1.50. The number of aryl methyl sites for hydroxylation is 2. The molecule has 0 bridgehead atoms. The highest BCUT2D eigenvalue weighted by Gasteiger charge is 2.29. The summed E-state index contributed by atoms with van der Waals surface area (Å²) in [7, 11) is 1.85. The first-order chi connectivity index (χ1) is 13.5. The Hall–Kier alpha value is -2.87. The van der Waals surface area contributed by atoms with Crippen LogP contribution in [-0.4, -0.2) is 44.8 Å². The maximum absolute atomic E-state index is 13.4. The first-order valence-electron chi connectivity index (χ1n) is 9.09. The van der Waals surface area contributed by atoms with E-state index in [4.69, 9.17) is 9.47 Å². The first kappa shape index (κ1) is 18.5. The van der Waals surface area contributed by atoms with E-state index in [0.29, 0.717) is 31.0 Å². The van der Waals surface area contributed by atoms with Crippen molar-refractivity contribution in [3.05, 3.63) is 57.8 Å². The highest BCUT2D eigenvalue weighted by molar-refractivity contribution is 7.09. The minimum Gasteiger partial charge on any atom is -0.486 e. The van der Waals surface area contributed by atoms with E-state index in [0.717, 1.165) is 22.1 Å². The number of thiazole rings is 1. The molecule has 3 heterocycles. The number of amides is 1. The van der Waals surface area contributed by atoms with Gasteiger partial charge in [0.1, 0.15) is 11.6 Å². The smallest absolute Gasteiger partial charge is 0.258 e. The highest BCUT2D eigenvalue weighted by Crippen LogP contribution is 2.31. The first-order valence-corrected chi connectivity index (χ1v) is 9.97. The fourth-order valence-electron chi connectivity index (χ4n) is 3.35. The normalized spacial score (nSPS) is 15.5. The number of hydrogen-bond acceptors (Lipinski definition) is 6. The van der Waals surface area contributed by atoms with Crippen LogP contribution in [0.25, 0.3) is 0 Å². The maximum atomic E-state index is 13.4. The average Bonchev–Trinajstić information content (AvgIpc) is 3.28. The van der Waals surface area contributed by atoms with E-state index in [-0.39, 0.29) is 12.0 Å². The number of hydrogen-bond donors (Lipinski definition) is 0. The molecule has 28 heavy (non-hydrogen) atoms. The highest BCUT2D eigenvalue weighted by atomic mass is 32.1. The molecular weight excluding hydrogens is 376 g/mol. The van der Waals surface area contributed by atoms with Gasteiger partial charge in [-0.1, -0.05) is 12.1 Å². The van der Waals surface area contributed by atoms with Gasteiger partial charge in [0.25, 0.3) is 5.91 Å². The van der Waals surface area contributed by atoms with Crippen molar-refractivity contribution in [2.45, 2.75) is 26.5 Å². The molecule has 0 saturated heterocycles. The largest absolute Gasteiger partial charge is 0.486 e. The molecular formula is C20H22N4O3S. The summed E-state index contributed by atoms with van der Waals surface area (Å²) >= 11 is 1.53. The Labute approximate surface area is 167 Å². The zero-order valence-electron chi connectivity index (χ0n) is 16.1. The monoisotopic (exact) mass is 398 g/mol. The summed E-state index contributed by atoms with van der Waals surface area (Å²) in [5.74, 6) is 1.37. The fourth-order valence-corrected chi connectivity index (χ4v) is 3.98. The Kier molecular flexibility index (Phi) is 5.04. The topological polar surface area (TPSA) is 69.5 Å². The number of nitrogens with zero attached hydrogens (tertiary/aromatic N) is 4. The third-order valence-corrected chi connectivity index (χ3v) is 5.58. The van der Waals surface area contributed by atoms with E-state index >= 15 is 0 Å². The van der Waals surface area contributed by atoms with Gasteiger partial charge in [-0.2, -0.15) is 5.10 Å². The molecule has 1 aliphatic heterocycles. The molecule has 0 aliphatic carbocycles. The van der Waals surface area contributed by atoms with Gasteiger partial charge in [-0.15, -0.1) is 11.3 Å². The van der Waals surface area contributed by atoms with Crippen molar-refractivity contribution in [3.63, 3.8) is 0 Å². The van der Waals surface area contributed by atoms with Crippen molar-refractivity contribution in [1.82, 2.24) is 19.7 Å². The zero-order valence-corrected chi connectivity index (χ0v) is 16.9. The summed E-state index contributed by atoms with van der Waals surface area (Å²) in [5.41, 5.74) is 2.20. The van der Waals surface area contributed by atoms with Crippen LogP contribution in [0, 0.1) is 13.8 Å². The number of benzene rings is 1. The van der Waals surface area contributed by atoms with Crippen molar-refractivity contribution >= 4 is 17.2 Å². The van der Waals surface area contributed by atoms with Gasteiger partial charge in [-0.25, -0.2) is 4.98 Å². The average molecular weight is 398 g/mol. The van der Waals surface area contributed by atoms with Crippen LogP contribution in [0.5, 0.6) is 11.5 Å². The molecule has 8 heteroatoms. The van der Waals surface area contributed by atoms with Crippen molar-refractivity contribution in [3.8, 4) is 11.5 Å². The second-order valence-electron chi connectivity index (χ2n) is 6.78. The molecule has 1 amide bonds. The second-order valence-corrected chi connectivity index (χ2v) is 7.76. The van der Waals surface area contributed by atoms with E-state index < -0.39 is 0 Å². The molecule has 1 aromatic carbocycles. The van der Waals surface area contributed by atoms with E-state index in [2.05, 4.69) is 10.1 Å². The summed E-state index contributed by atoms with van der Waals surface area (Å²) in [6, 6.07) is 7.58. The van der Waals surface area contributed by atoms with Gasteiger partial charge in [0.2, 0.25) is 0 Å². The van der Waals surface area contributed by atoms with Crippen LogP contribution in [0.4, 0.5) is 0 Å². The van der Waals surface area contributed by atoms with Gasteiger partial charge >= 0.3 is 0 Å². The van der Waals surface area contributed by atoms with Crippen LogP contribution in [0.15, 0.2) is 35.8 Å². The molecule has 0 N–H and O–H groups in total. The van der Waals surface area contributed by atoms with Crippen molar-refractivity contribution in [2.75, 3.05) is 13.2 Å². The van der Waals surface area contributed by atoms with Gasteiger partial charge in [-0.3, -0.25) is 9.48 Å². The fraction of sp³-hybridized carbons (Fsp3) is 0.350. The Morgan fingerprint density at radius 1 is 1.32 bits per heavy atom. The summed E-state index contributed by atoms with van der Waals surface area (Å²) in [4.78, 5) is 19.5. The lowest BCUT2D eigenvalue weighted by atomic mass is 10.1. The molecule has 1 atom stereocenters. The second kappa shape index (κ2) is 7.63. The molecule has 4 rings (SSSR count). The van der Waals surface area contributed by atoms with Crippen LogP contribution >= 0.6 is 11.3 Å². The zero-order chi connectivity index (χ0) is 19.7. The lowest BCUT2D eigenvalue weighted by Crippen LogP contribution is -2.43. The molecule has 2 aromatic heterocycles. The Morgan fingerprint density at radius 3 is 2.79 bits per heavy atom. The summed E-state index contributed by atoms with van der Waals surface area (Å²) < 4.78 is 13.6. The van der Waals surface area contributed by atoms with Crippen molar-refractivity contribution < 1.29 is 14.3 Å². The third kappa shape index (κ3) is 3.60. The van der Waals surface area contributed by atoms with E-state index in [1.807, 2.05) is 50.5 Å². The van der Waals surface area contributed by atoms with Gasteiger partial charge in [-0.05, 0) is 26.0 Å². The van der Waals surface area contributed by atoms with Crippen LogP contribution in [0.3, 0.4) is 0 Å². The van der Waals surface area contributed by atoms with E-state index in [9.17, 15) is 4.79 Å². The number of aromatic nitrogens is 3. The molecule has 1 unspecified atom stereocenters. The number of rotatable bonds is 5. The molecule has 0 spiro atoms. The number of ether oxygens (including phenoxy) is 2. The van der Waals surface area contributed by atoms with E-state index in [1.165, 1.54) is 11.3 Å². The Morgan fingerprint density at radius 2 is 2.11 bits per heavy atom. The summed E-state index contributed by atoms with van der Waals surface area (Å²) in [6.45, 7) is 4.99. The van der Waals surface area contributed by atoms with Gasteiger partial charge < -0.3 is 14.4 Å². The summed E-state index contributed by atoms with van der Waals surface area (Å²) in [5, 5.41) is 7.18. The van der Waals surface area contributed by atoms with Crippen LogP contribution < -0.4 is 9.47 Å². The SMILES string of the molecule is Cc1nn(C)c(C)c1C(=O)N(Cc1nccs1)CC1COc2ccccc2O1. The number of fused-ring (bicyclic) bond motifs is 1. The molecule has 0 radical (unpaired) electrons. The van der Waals surface area contributed by atoms with Gasteiger partial charge in [0.05, 0.1) is 24.3 Å². The molecule has 146 valence electrons. The third-order valence-electron chi connectivity index (χ3n) is 4.81. The minimum atomic E-state index is -0.254. The lowest BCUT2D eigenvalue weighted by Gasteiger charge is -2.31. The Bertz CT molecular complexity index is 984. The molecule has 0 fully saturated rings. The molecule has 1 aliphatic rings. The Balaban J connectivity index is 1.58.